The molecule has 0 aliphatic rings. The minimum absolute atomic E-state index is 0.183. The van der Waals surface area contributed by atoms with Crippen LogP contribution in [0, 0.1) is 0 Å². The van der Waals surface area contributed by atoms with Crippen LogP contribution < -0.4 is 15.6 Å². The Morgan fingerprint density at radius 3 is 2.28 bits per heavy atom. The second-order valence-electron chi connectivity index (χ2n) is 6.72. The number of nitrogens with one attached hydrogen (secondary N) is 1. The predicted molar refractivity (Wildman–Crippen MR) is 115 cm³/mol. The van der Waals surface area contributed by atoms with Crippen molar-refractivity contribution in [1.29, 1.82) is 0 Å². The van der Waals surface area contributed by atoms with E-state index in [1.165, 1.54) is 4.57 Å². The van der Waals surface area contributed by atoms with E-state index < -0.39 is 6.04 Å². The number of para-hydroxylation sites is 1. The maximum atomic E-state index is 12.7. The molecule has 0 radical (unpaired) electrons. The Hall–Kier alpha value is -3.86. The molecule has 1 aromatic heterocycles. The SMILES string of the molecule is CC(C(=O)Nc1ccc(Oc2ccccc2)cc1)n1ccc2ccccc2c1=O. The fourth-order valence-corrected chi connectivity index (χ4v) is 3.11. The van der Waals surface area contributed by atoms with E-state index in [0.717, 1.165) is 11.1 Å². The van der Waals surface area contributed by atoms with E-state index in [0.29, 0.717) is 16.8 Å². The van der Waals surface area contributed by atoms with Gasteiger partial charge in [0.1, 0.15) is 17.5 Å². The molecule has 4 aromatic rings. The van der Waals surface area contributed by atoms with Gasteiger partial charge >= 0.3 is 0 Å². The first-order valence-corrected chi connectivity index (χ1v) is 9.35. The van der Waals surface area contributed by atoms with E-state index >= 15 is 0 Å². The summed E-state index contributed by atoms with van der Waals surface area (Å²) in [6.45, 7) is 1.71. The molecule has 5 nitrogen and oxygen atoms in total. The smallest absolute Gasteiger partial charge is 0.259 e. The largest absolute Gasteiger partial charge is 0.457 e. The van der Waals surface area contributed by atoms with Gasteiger partial charge in [-0.3, -0.25) is 9.59 Å². The lowest BCUT2D eigenvalue weighted by molar-refractivity contribution is -0.118. The molecule has 0 aliphatic heterocycles. The van der Waals surface area contributed by atoms with Gasteiger partial charge < -0.3 is 14.6 Å². The molecule has 0 spiro atoms. The molecule has 0 aliphatic carbocycles. The second kappa shape index (κ2) is 8.02. The number of hydrogen-bond donors (Lipinski definition) is 1. The lowest BCUT2D eigenvalue weighted by Crippen LogP contribution is -2.31. The van der Waals surface area contributed by atoms with Gasteiger partial charge in [0, 0.05) is 17.3 Å². The number of carbonyl (C=O) groups is 1. The molecule has 5 heteroatoms. The molecular formula is C24H20N2O3. The van der Waals surface area contributed by atoms with Crippen molar-refractivity contribution in [3.05, 3.63) is 101 Å². The van der Waals surface area contributed by atoms with Gasteiger partial charge in [0.15, 0.2) is 0 Å². The molecule has 0 saturated carbocycles. The third kappa shape index (κ3) is 4.04. The number of hydrogen-bond acceptors (Lipinski definition) is 3. The van der Waals surface area contributed by atoms with Crippen molar-refractivity contribution in [1.82, 2.24) is 4.57 Å². The Labute approximate surface area is 168 Å². The van der Waals surface area contributed by atoms with E-state index in [2.05, 4.69) is 5.32 Å². The maximum Gasteiger partial charge on any atom is 0.259 e. The van der Waals surface area contributed by atoms with Gasteiger partial charge in [0.25, 0.3) is 5.56 Å². The number of benzene rings is 3. The molecular weight excluding hydrogens is 364 g/mol. The lowest BCUT2D eigenvalue weighted by atomic mass is 10.1. The Kier molecular flexibility index (Phi) is 5.12. The molecule has 1 unspecified atom stereocenters. The average Bonchev–Trinajstić information content (AvgIpc) is 2.76. The monoisotopic (exact) mass is 384 g/mol. The number of nitrogens with zero attached hydrogens (tertiary/aromatic N) is 1. The van der Waals surface area contributed by atoms with E-state index in [1.807, 2.05) is 54.6 Å². The normalized spacial score (nSPS) is 11.8. The molecule has 29 heavy (non-hydrogen) atoms. The zero-order valence-electron chi connectivity index (χ0n) is 15.9. The van der Waals surface area contributed by atoms with Crippen molar-refractivity contribution in [2.24, 2.45) is 0 Å². The highest BCUT2D eigenvalue weighted by Gasteiger charge is 2.17. The van der Waals surface area contributed by atoms with Gasteiger partial charge in [-0.05, 0) is 60.8 Å². The number of pyridine rings is 1. The quantitative estimate of drug-likeness (QED) is 0.527. The van der Waals surface area contributed by atoms with Crippen LogP contribution in [0.5, 0.6) is 11.5 Å². The van der Waals surface area contributed by atoms with Crippen LogP contribution >= 0.6 is 0 Å². The fourth-order valence-electron chi connectivity index (χ4n) is 3.11. The molecule has 3 aromatic carbocycles. The van der Waals surface area contributed by atoms with Crippen LogP contribution in [0.3, 0.4) is 0 Å². The van der Waals surface area contributed by atoms with Gasteiger partial charge in [-0.25, -0.2) is 0 Å². The van der Waals surface area contributed by atoms with Crippen LogP contribution in [0.25, 0.3) is 10.8 Å². The molecule has 1 heterocycles. The number of amides is 1. The van der Waals surface area contributed by atoms with E-state index in [1.54, 1.807) is 43.5 Å². The minimum Gasteiger partial charge on any atom is -0.457 e. The highest BCUT2D eigenvalue weighted by atomic mass is 16.5. The highest BCUT2D eigenvalue weighted by Crippen LogP contribution is 2.23. The first-order valence-electron chi connectivity index (χ1n) is 9.35. The number of rotatable bonds is 5. The van der Waals surface area contributed by atoms with E-state index in [-0.39, 0.29) is 11.5 Å². The highest BCUT2D eigenvalue weighted by molar-refractivity contribution is 5.93. The summed E-state index contributed by atoms with van der Waals surface area (Å²) in [5, 5.41) is 4.30. The Morgan fingerprint density at radius 1 is 0.862 bits per heavy atom. The predicted octanol–water partition coefficient (Wildman–Crippen LogP) is 4.99. The van der Waals surface area contributed by atoms with E-state index in [4.69, 9.17) is 4.74 Å². The molecule has 0 bridgehead atoms. The fraction of sp³-hybridized carbons (Fsp3) is 0.0833. The summed E-state index contributed by atoms with van der Waals surface area (Å²) in [5.74, 6) is 1.15. The summed E-state index contributed by atoms with van der Waals surface area (Å²) in [6, 6.07) is 25.1. The molecule has 1 amide bonds. The van der Waals surface area contributed by atoms with Crippen LogP contribution in [0.4, 0.5) is 5.69 Å². The number of fused-ring (bicyclic) bond motifs is 1. The van der Waals surface area contributed by atoms with Crippen LogP contribution in [-0.4, -0.2) is 10.5 Å². The second-order valence-corrected chi connectivity index (χ2v) is 6.72. The van der Waals surface area contributed by atoms with Crippen molar-refractivity contribution < 1.29 is 9.53 Å². The van der Waals surface area contributed by atoms with Crippen molar-refractivity contribution in [2.75, 3.05) is 5.32 Å². The maximum absolute atomic E-state index is 12.7. The zero-order chi connectivity index (χ0) is 20.2. The summed E-state index contributed by atoms with van der Waals surface area (Å²) >= 11 is 0. The van der Waals surface area contributed by atoms with Gasteiger partial charge in [-0.2, -0.15) is 0 Å². The third-order valence-electron chi connectivity index (χ3n) is 4.74. The summed E-state index contributed by atoms with van der Waals surface area (Å²) in [5.41, 5.74) is 0.452. The molecule has 0 fully saturated rings. The summed E-state index contributed by atoms with van der Waals surface area (Å²) in [4.78, 5) is 25.4. The van der Waals surface area contributed by atoms with Gasteiger partial charge in [-0.15, -0.1) is 0 Å². The first-order chi connectivity index (χ1) is 14.1. The topological polar surface area (TPSA) is 60.3 Å². The van der Waals surface area contributed by atoms with Gasteiger partial charge in [-0.1, -0.05) is 36.4 Å². The number of aromatic nitrogens is 1. The Bertz CT molecular complexity index is 1200. The van der Waals surface area contributed by atoms with E-state index in [9.17, 15) is 9.59 Å². The summed E-state index contributed by atoms with van der Waals surface area (Å²) in [7, 11) is 0. The van der Waals surface area contributed by atoms with Crippen molar-refractivity contribution in [3.8, 4) is 11.5 Å². The van der Waals surface area contributed by atoms with Crippen LogP contribution in [0.15, 0.2) is 95.9 Å². The van der Waals surface area contributed by atoms with Crippen LogP contribution in [0.2, 0.25) is 0 Å². The van der Waals surface area contributed by atoms with Gasteiger partial charge in [0.05, 0.1) is 0 Å². The zero-order valence-corrected chi connectivity index (χ0v) is 15.9. The lowest BCUT2D eigenvalue weighted by Gasteiger charge is -2.16. The van der Waals surface area contributed by atoms with Crippen molar-refractivity contribution in [2.45, 2.75) is 13.0 Å². The first kappa shape index (κ1) is 18.5. The number of anilines is 1. The minimum atomic E-state index is -0.646. The molecule has 144 valence electrons. The summed E-state index contributed by atoms with van der Waals surface area (Å²) in [6.07, 6.45) is 1.66. The summed E-state index contributed by atoms with van der Waals surface area (Å²) < 4.78 is 7.20. The molecule has 4 rings (SSSR count). The molecule has 1 atom stereocenters. The van der Waals surface area contributed by atoms with Crippen LogP contribution in [-0.2, 0) is 4.79 Å². The number of carbonyl (C=O) groups excluding carboxylic acids is 1. The Balaban J connectivity index is 1.48. The molecule has 1 N–H and O–H groups in total. The average molecular weight is 384 g/mol. The Morgan fingerprint density at radius 2 is 1.52 bits per heavy atom. The van der Waals surface area contributed by atoms with Crippen molar-refractivity contribution >= 4 is 22.4 Å². The van der Waals surface area contributed by atoms with Crippen molar-refractivity contribution in [3.63, 3.8) is 0 Å². The standard InChI is InChI=1S/C24H20N2O3/c1-17(26-16-15-18-7-5-6-10-22(18)24(26)28)23(27)25-19-11-13-21(14-12-19)29-20-8-3-2-4-9-20/h2-17H,1H3,(H,25,27). The van der Waals surface area contributed by atoms with Crippen LogP contribution in [0.1, 0.15) is 13.0 Å². The van der Waals surface area contributed by atoms with Gasteiger partial charge in [0.2, 0.25) is 5.91 Å². The number of ether oxygens (including phenoxy) is 1. The third-order valence-corrected chi connectivity index (χ3v) is 4.74. The molecule has 0 saturated heterocycles.